The Morgan fingerprint density at radius 3 is 2.22 bits per heavy atom. The van der Waals surface area contributed by atoms with Crippen LogP contribution in [-0.2, 0) is 0 Å². The lowest BCUT2D eigenvalue weighted by Gasteiger charge is -2.05. The summed E-state index contributed by atoms with van der Waals surface area (Å²) in [5.41, 5.74) is 0.0835. The topological polar surface area (TPSA) is 80.5 Å². The molecule has 0 saturated carbocycles. The Morgan fingerprint density at radius 1 is 1.09 bits per heavy atom. The quantitative estimate of drug-likeness (QED) is 0.451. The summed E-state index contributed by atoms with van der Waals surface area (Å²) in [6.45, 7) is 0. The van der Waals surface area contributed by atoms with E-state index in [4.69, 9.17) is 0 Å². The third kappa shape index (κ3) is 2.75. The Labute approximate surface area is 143 Å². The summed E-state index contributed by atoms with van der Waals surface area (Å²) >= 11 is 4.50. The summed E-state index contributed by atoms with van der Waals surface area (Å²) in [5, 5.41) is 11.3. The van der Waals surface area contributed by atoms with Gasteiger partial charge in [-0.25, -0.2) is 0 Å². The summed E-state index contributed by atoms with van der Waals surface area (Å²) in [7, 11) is 1.36. The van der Waals surface area contributed by atoms with Gasteiger partial charge in [-0.3, -0.25) is 24.6 Å². The number of amides is 2. The SMILES string of the molecule is CN1C(=O)c2cc(Sc3ccc(Br)cc3)c([N+](=O)[O-])cc2C1=O. The van der Waals surface area contributed by atoms with E-state index in [9.17, 15) is 19.7 Å². The number of imide groups is 1. The van der Waals surface area contributed by atoms with Gasteiger partial charge in [0.25, 0.3) is 17.5 Å². The van der Waals surface area contributed by atoms with E-state index < -0.39 is 16.7 Å². The zero-order valence-electron chi connectivity index (χ0n) is 11.8. The fourth-order valence-corrected chi connectivity index (χ4v) is 3.44. The average Bonchev–Trinajstić information content (AvgIpc) is 2.73. The van der Waals surface area contributed by atoms with Crippen LogP contribution in [0, 0.1) is 10.1 Å². The molecular weight excluding hydrogens is 384 g/mol. The van der Waals surface area contributed by atoms with Gasteiger partial charge in [0.05, 0.1) is 20.9 Å². The summed E-state index contributed by atoms with van der Waals surface area (Å²) in [6, 6.07) is 9.87. The van der Waals surface area contributed by atoms with Crippen LogP contribution in [0.25, 0.3) is 0 Å². The summed E-state index contributed by atoms with van der Waals surface area (Å²) in [6.07, 6.45) is 0. The lowest BCUT2D eigenvalue weighted by Crippen LogP contribution is -2.24. The highest BCUT2D eigenvalue weighted by atomic mass is 79.9. The maximum atomic E-state index is 12.1. The zero-order chi connectivity index (χ0) is 16.7. The molecular formula is C15H9BrN2O4S. The first kappa shape index (κ1) is 15.7. The predicted octanol–water partition coefficient (Wildman–Crippen LogP) is 3.73. The molecule has 0 bridgehead atoms. The molecule has 0 N–H and O–H groups in total. The van der Waals surface area contributed by atoms with E-state index in [-0.39, 0.29) is 16.8 Å². The van der Waals surface area contributed by atoms with Crippen molar-refractivity contribution < 1.29 is 14.5 Å². The lowest BCUT2D eigenvalue weighted by molar-refractivity contribution is -0.387. The molecule has 0 aromatic heterocycles. The van der Waals surface area contributed by atoms with E-state index in [1.165, 1.54) is 30.9 Å². The van der Waals surface area contributed by atoms with Crippen LogP contribution in [0.15, 0.2) is 50.7 Å². The van der Waals surface area contributed by atoms with Crippen LogP contribution in [0.1, 0.15) is 20.7 Å². The molecule has 116 valence electrons. The van der Waals surface area contributed by atoms with Crippen LogP contribution in [0.2, 0.25) is 0 Å². The van der Waals surface area contributed by atoms with Crippen LogP contribution in [-0.4, -0.2) is 28.7 Å². The molecule has 1 aliphatic heterocycles. The van der Waals surface area contributed by atoms with E-state index in [2.05, 4.69) is 15.9 Å². The molecule has 1 aliphatic rings. The number of carbonyl (C=O) groups is 2. The summed E-state index contributed by atoms with van der Waals surface area (Å²) < 4.78 is 0.896. The first-order valence-corrected chi connectivity index (χ1v) is 8.07. The fraction of sp³-hybridized carbons (Fsp3) is 0.0667. The van der Waals surface area contributed by atoms with Crippen molar-refractivity contribution in [3.8, 4) is 0 Å². The van der Waals surface area contributed by atoms with Gasteiger partial charge in [0.15, 0.2) is 0 Å². The third-order valence-corrected chi connectivity index (χ3v) is 4.99. The maximum Gasteiger partial charge on any atom is 0.284 e. The molecule has 23 heavy (non-hydrogen) atoms. The Morgan fingerprint density at radius 2 is 1.65 bits per heavy atom. The molecule has 0 unspecified atom stereocenters. The predicted molar refractivity (Wildman–Crippen MR) is 87.8 cm³/mol. The van der Waals surface area contributed by atoms with E-state index in [1.54, 1.807) is 0 Å². The van der Waals surface area contributed by atoms with Crippen LogP contribution in [0.5, 0.6) is 0 Å². The number of rotatable bonds is 3. The number of halogens is 1. The molecule has 0 radical (unpaired) electrons. The van der Waals surface area contributed by atoms with E-state index >= 15 is 0 Å². The number of carbonyl (C=O) groups excluding carboxylic acids is 2. The highest BCUT2D eigenvalue weighted by molar-refractivity contribution is 9.10. The van der Waals surface area contributed by atoms with Crippen molar-refractivity contribution in [2.75, 3.05) is 7.05 Å². The van der Waals surface area contributed by atoms with Gasteiger partial charge < -0.3 is 0 Å². The molecule has 2 amide bonds. The van der Waals surface area contributed by atoms with Gasteiger partial charge >= 0.3 is 0 Å². The van der Waals surface area contributed by atoms with Crippen molar-refractivity contribution in [2.45, 2.75) is 9.79 Å². The second kappa shape index (κ2) is 5.78. The van der Waals surface area contributed by atoms with Crippen LogP contribution in [0.4, 0.5) is 5.69 Å². The van der Waals surface area contributed by atoms with E-state index in [0.717, 1.165) is 14.3 Å². The van der Waals surface area contributed by atoms with Crippen molar-refractivity contribution in [3.05, 3.63) is 62.1 Å². The van der Waals surface area contributed by atoms with Crippen LogP contribution in [0.3, 0.4) is 0 Å². The van der Waals surface area contributed by atoms with Crippen molar-refractivity contribution in [1.29, 1.82) is 0 Å². The Balaban J connectivity index is 2.10. The molecule has 0 aliphatic carbocycles. The van der Waals surface area contributed by atoms with E-state index in [1.807, 2.05) is 24.3 Å². The molecule has 6 nitrogen and oxygen atoms in total. The molecule has 2 aromatic carbocycles. The van der Waals surface area contributed by atoms with Gasteiger partial charge in [0.1, 0.15) is 0 Å². The first-order chi connectivity index (χ1) is 10.9. The summed E-state index contributed by atoms with van der Waals surface area (Å²) in [5.74, 6) is -0.967. The molecule has 0 spiro atoms. The number of nitro benzene ring substituents is 1. The van der Waals surface area contributed by atoms with Crippen molar-refractivity contribution in [3.63, 3.8) is 0 Å². The van der Waals surface area contributed by atoms with Gasteiger partial charge in [-0.05, 0) is 30.3 Å². The largest absolute Gasteiger partial charge is 0.284 e. The van der Waals surface area contributed by atoms with E-state index in [0.29, 0.717) is 4.90 Å². The van der Waals surface area contributed by atoms with Gasteiger partial charge in [-0.15, -0.1) is 0 Å². The molecule has 0 saturated heterocycles. The first-order valence-electron chi connectivity index (χ1n) is 6.46. The highest BCUT2D eigenvalue weighted by Gasteiger charge is 2.36. The Kier molecular flexibility index (Phi) is 3.95. The second-order valence-corrected chi connectivity index (χ2v) is 6.88. The fourth-order valence-electron chi connectivity index (χ4n) is 2.23. The minimum Gasteiger partial charge on any atom is -0.277 e. The van der Waals surface area contributed by atoms with Gasteiger partial charge in [0.2, 0.25) is 0 Å². The Bertz CT molecular complexity index is 851. The minimum atomic E-state index is -0.544. The van der Waals surface area contributed by atoms with Gasteiger partial charge in [-0.1, -0.05) is 27.7 Å². The van der Waals surface area contributed by atoms with Crippen molar-refractivity contribution in [2.24, 2.45) is 0 Å². The monoisotopic (exact) mass is 392 g/mol. The van der Waals surface area contributed by atoms with Gasteiger partial charge in [0, 0.05) is 22.5 Å². The number of nitro groups is 1. The third-order valence-electron chi connectivity index (χ3n) is 3.41. The second-order valence-electron chi connectivity index (χ2n) is 4.85. The highest BCUT2D eigenvalue weighted by Crippen LogP contribution is 2.39. The standard InChI is InChI=1S/C15H9BrN2O4S/c1-17-14(19)10-6-12(18(21)22)13(7-11(10)15(17)20)23-9-4-2-8(16)3-5-9/h2-7H,1H3. The molecule has 8 heteroatoms. The lowest BCUT2D eigenvalue weighted by atomic mass is 10.1. The molecule has 0 atom stereocenters. The minimum absolute atomic E-state index is 0.0735. The summed E-state index contributed by atoms with van der Waals surface area (Å²) in [4.78, 5) is 36.9. The molecule has 3 rings (SSSR count). The zero-order valence-corrected chi connectivity index (χ0v) is 14.2. The maximum absolute atomic E-state index is 12.1. The van der Waals surface area contributed by atoms with Crippen molar-refractivity contribution in [1.82, 2.24) is 4.90 Å². The number of nitrogens with zero attached hydrogens (tertiary/aromatic N) is 2. The van der Waals surface area contributed by atoms with Crippen LogP contribution < -0.4 is 0 Å². The number of hydrogen-bond acceptors (Lipinski definition) is 5. The molecule has 1 heterocycles. The van der Waals surface area contributed by atoms with Gasteiger partial charge in [-0.2, -0.15) is 0 Å². The number of fused-ring (bicyclic) bond motifs is 1. The smallest absolute Gasteiger partial charge is 0.277 e. The van der Waals surface area contributed by atoms with Crippen molar-refractivity contribution >= 4 is 45.2 Å². The average molecular weight is 393 g/mol. The number of benzene rings is 2. The Hall–Kier alpha value is -2.19. The molecule has 0 fully saturated rings. The number of hydrogen-bond donors (Lipinski definition) is 0. The van der Waals surface area contributed by atoms with Crippen LogP contribution >= 0.6 is 27.7 Å². The molecule has 2 aromatic rings. The normalized spacial score (nSPS) is 13.4.